The molecule has 0 aromatic heterocycles. The molecule has 3 rings (SSSR count). The summed E-state index contributed by atoms with van der Waals surface area (Å²) in [6.07, 6.45) is 0. The first kappa shape index (κ1) is 15.9. The molecule has 1 fully saturated rings. The maximum atomic E-state index is 12.9. The van der Waals surface area contributed by atoms with Gasteiger partial charge in [-0.1, -0.05) is 30.3 Å². The summed E-state index contributed by atoms with van der Waals surface area (Å²) >= 11 is 0. The van der Waals surface area contributed by atoms with Crippen LogP contribution in [-0.4, -0.2) is 35.5 Å². The summed E-state index contributed by atoms with van der Waals surface area (Å²) in [5.41, 5.74) is 6.60. The molecule has 0 spiro atoms. The minimum atomic E-state index is -0.583. The minimum Gasteiger partial charge on any atom is -0.393 e. The zero-order valence-electron chi connectivity index (χ0n) is 12.9. The predicted octanol–water partition coefficient (Wildman–Crippen LogP) is 2.39. The molecule has 0 bridgehead atoms. The Labute approximate surface area is 138 Å². The van der Waals surface area contributed by atoms with Gasteiger partial charge in [-0.2, -0.15) is 0 Å². The highest BCUT2D eigenvalue weighted by Gasteiger charge is 2.30. The summed E-state index contributed by atoms with van der Waals surface area (Å²) < 4.78 is 5.51. The summed E-state index contributed by atoms with van der Waals surface area (Å²) in [5, 5.41) is 11.0. The number of hydrogen-bond acceptors (Lipinski definition) is 5. The quantitative estimate of drug-likeness (QED) is 0.530. The maximum absolute atomic E-state index is 12.9. The molecule has 0 saturated carbocycles. The van der Waals surface area contributed by atoms with Crippen molar-refractivity contribution in [2.24, 2.45) is 0 Å². The predicted molar refractivity (Wildman–Crippen MR) is 88.5 cm³/mol. The monoisotopic (exact) mass is 327 g/mol. The molecular formula is C17H17N3O4. The van der Waals surface area contributed by atoms with Gasteiger partial charge in [-0.25, -0.2) is 0 Å². The normalized spacial score (nSPS) is 17.5. The highest BCUT2D eigenvalue weighted by Crippen LogP contribution is 2.28. The smallest absolute Gasteiger partial charge is 0.292 e. The van der Waals surface area contributed by atoms with Crippen LogP contribution < -0.4 is 5.73 Å². The third kappa shape index (κ3) is 3.07. The Morgan fingerprint density at radius 2 is 2.00 bits per heavy atom. The molecule has 1 atom stereocenters. The Balaban J connectivity index is 1.92. The van der Waals surface area contributed by atoms with E-state index in [4.69, 9.17) is 10.5 Å². The molecule has 2 aromatic carbocycles. The van der Waals surface area contributed by atoms with E-state index in [2.05, 4.69) is 0 Å². The molecule has 1 unspecified atom stereocenters. The van der Waals surface area contributed by atoms with E-state index in [-0.39, 0.29) is 28.9 Å². The Morgan fingerprint density at radius 1 is 1.25 bits per heavy atom. The van der Waals surface area contributed by atoms with Crippen molar-refractivity contribution in [1.82, 2.24) is 4.90 Å². The van der Waals surface area contributed by atoms with E-state index < -0.39 is 4.92 Å². The number of anilines is 1. The SMILES string of the molecule is Nc1ccc(C(=O)N2CCOCC2c2ccccc2)cc1[N+](=O)[O-]. The standard InChI is InChI=1S/C17H17N3O4/c18-14-7-6-13(10-15(14)20(22)23)17(21)19-8-9-24-11-16(19)12-4-2-1-3-5-12/h1-7,10,16H,8-9,11,18H2. The van der Waals surface area contributed by atoms with Crippen LogP contribution >= 0.6 is 0 Å². The first-order valence-corrected chi connectivity index (χ1v) is 7.55. The second kappa shape index (κ2) is 6.67. The molecule has 24 heavy (non-hydrogen) atoms. The van der Waals surface area contributed by atoms with Gasteiger partial charge < -0.3 is 15.4 Å². The van der Waals surface area contributed by atoms with Crippen LogP contribution in [0, 0.1) is 10.1 Å². The van der Waals surface area contributed by atoms with Crippen molar-refractivity contribution in [2.75, 3.05) is 25.5 Å². The van der Waals surface area contributed by atoms with Crippen LogP contribution in [0.2, 0.25) is 0 Å². The van der Waals surface area contributed by atoms with Crippen LogP contribution in [0.4, 0.5) is 11.4 Å². The van der Waals surface area contributed by atoms with E-state index in [1.54, 1.807) is 4.90 Å². The molecule has 0 aliphatic carbocycles. The maximum Gasteiger partial charge on any atom is 0.292 e. The Hall–Kier alpha value is -2.93. The first-order valence-electron chi connectivity index (χ1n) is 7.55. The van der Waals surface area contributed by atoms with Crippen molar-refractivity contribution >= 4 is 17.3 Å². The summed E-state index contributed by atoms with van der Waals surface area (Å²) in [6.45, 7) is 1.26. The van der Waals surface area contributed by atoms with E-state index in [0.717, 1.165) is 5.56 Å². The van der Waals surface area contributed by atoms with E-state index in [1.165, 1.54) is 18.2 Å². The van der Waals surface area contributed by atoms with Gasteiger partial charge in [0, 0.05) is 18.2 Å². The molecular weight excluding hydrogens is 310 g/mol. The molecule has 1 amide bonds. The van der Waals surface area contributed by atoms with Crippen LogP contribution in [-0.2, 0) is 4.74 Å². The summed E-state index contributed by atoms with van der Waals surface area (Å²) in [6, 6.07) is 13.5. The number of nitrogen functional groups attached to an aromatic ring is 1. The number of carbonyl (C=O) groups excluding carboxylic acids is 1. The molecule has 2 N–H and O–H groups in total. The van der Waals surface area contributed by atoms with Gasteiger partial charge in [0.05, 0.1) is 24.2 Å². The lowest BCUT2D eigenvalue weighted by atomic mass is 10.0. The van der Waals surface area contributed by atoms with E-state index in [1.807, 2.05) is 30.3 Å². The van der Waals surface area contributed by atoms with E-state index >= 15 is 0 Å². The zero-order valence-corrected chi connectivity index (χ0v) is 12.9. The minimum absolute atomic E-state index is 0.0399. The van der Waals surface area contributed by atoms with Crippen LogP contribution in [0.25, 0.3) is 0 Å². The average molecular weight is 327 g/mol. The third-order valence-corrected chi connectivity index (χ3v) is 4.05. The molecule has 1 aliphatic rings. The lowest BCUT2D eigenvalue weighted by Gasteiger charge is -2.36. The number of ether oxygens (including phenoxy) is 1. The van der Waals surface area contributed by atoms with Crippen molar-refractivity contribution in [2.45, 2.75) is 6.04 Å². The summed E-state index contributed by atoms with van der Waals surface area (Å²) in [5.74, 6) is -0.268. The van der Waals surface area contributed by atoms with Gasteiger partial charge in [0.25, 0.3) is 11.6 Å². The fourth-order valence-electron chi connectivity index (χ4n) is 2.80. The number of nitro groups is 1. The Bertz CT molecular complexity index is 764. The van der Waals surface area contributed by atoms with Gasteiger partial charge in [-0.3, -0.25) is 14.9 Å². The lowest BCUT2D eigenvalue weighted by molar-refractivity contribution is -0.383. The highest BCUT2D eigenvalue weighted by molar-refractivity contribution is 5.96. The van der Waals surface area contributed by atoms with Crippen LogP contribution in [0.1, 0.15) is 22.0 Å². The van der Waals surface area contributed by atoms with Gasteiger partial charge >= 0.3 is 0 Å². The molecule has 1 aliphatic heterocycles. The molecule has 1 heterocycles. The number of nitro benzene ring substituents is 1. The van der Waals surface area contributed by atoms with Crippen LogP contribution in [0.3, 0.4) is 0 Å². The first-order chi connectivity index (χ1) is 11.6. The number of morpholine rings is 1. The third-order valence-electron chi connectivity index (χ3n) is 4.05. The second-order valence-electron chi connectivity index (χ2n) is 5.53. The fourth-order valence-corrected chi connectivity index (χ4v) is 2.80. The second-order valence-corrected chi connectivity index (χ2v) is 5.53. The number of carbonyl (C=O) groups is 1. The van der Waals surface area contributed by atoms with Crippen molar-refractivity contribution in [1.29, 1.82) is 0 Å². The van der Waals surface area contributed by atoms with Crippen molar-refractivity contribution in [3.8, 4) is 0 Å². The Kier molecular flexibility index (Phi) is 4.43. The van der Waals surface area contributed by atoms with Gasteiger partial charge in [0.2, 0.25) is 0 Å². The van der Waals surface area contributed by atoms with Gasteiger partial charge in [0.15, 0.2) is 0 Å². The van der Waals surface area contributed by atoms with Crippen LogP contribution in [0.15, 0.2) is 48.5 Å². The van der Waals surface area contributed by atoms with Crippen molar-refractivity contribution < 1.29 is 14.5 Å². The van der Waals surface area contributed by atoms with Crippen molar-refractivity contribution in [3.05, 3.63) is 69.8 Å². The molecule has 7 heteroatoms. The molecule has 2 aromatic rings. The zero-order chi connectivity index (χ0) is 17.1. The van der Waals surface area contributed by atoms with Gasteiger partial charge in [-0.05, 0) is 17.7 Å². The number of nitrogens with zero attached hydrogens (tertiary/aromatic N) is 2. The van der Waals surface area contributed by atoms with E-state index in [9.17, 15) is 14.9 Å². The number of rotatable bonds is 3. The van der Waals surface area contributed by atoms with Gasteiger partial charge in [-0.15, -0.1) is 0 Å². The summed E-state index contributed by atoms with van der Waals surface area (Å²) in [7, 11) is 0. The molecule has 124 valence electrons. The van der Waals surface area contributed by atoms with Crippen LogP contribution in [0.5, 0.6) is 0 Å². The molecule has 7 nitrogen and oxygen atoms in total. The van der Waals surface area contributed by atoms with E-state index in [0.29, 0.717) is 19.8 Å². The number of benzene rings is 2. The number of amides is 1. The number of hydrogen-bond donors (Lipinski definition) is 1. The van der Waals surface area contributed by atoms with Gasteiger partial charge in [0.1, 0.15) is 5.69 Å². The summed E-state index contributed by atoms with van der Waals surface area (Å²) in [4.78, 5) is 25.0. The largest absolute Gasteiger partial charge is 0.393 e. The highest BCUT2D eigenvalue weighted by atomic mass is 16.6. The van der Waals surface area contributed by atoms with Crippen molar-refractivity contribution in [3.63, 3.8) is 0 Å². The molecule has 1 saturated heterocycles. The number of nitrogens with two attached hydrogens (primary N) is 1. The Morgan fingerprint density at radius 3 is 2.71 bits per heavy atom. The fraction of sp³-hybridized carbons (Fsp3) is 0.235. The average Bonchev–Trinajstić information content (AvgIpc) is 2.62. The molecule has 0 radical (unpaired) electrons. The topological polar surface area (TPSA) is 98.7 Å². The lowest BCUT2D eigenvalue weighted by Crippen LogP contribution is -2.43.